The number of hydrogen-bond acceptors (Lipinski definition) is 6. The normalized spacial score (nSPS) is 14.6. The Morgan fingerprint density at radius 3 is 2.19 bits per heavy atom. The summed E-state index contributed by atoms with van der Waals surface area (Å²) in [5.41, 5.74) is 3.61. The number of imidazole rings is 1. The first-order valence-electron chi connectivity index (χ1n) is 12.0. The maximum atomic E-state index is 13.1. The summed E-state index contributed by atoms with van der Waals surface area (Å²) < 4.78 is 34.4. The fourth-order valence-corrected chi connectivity index (χ4v) is 5.79. The number of para-hydroxylation sites is 2. The molecule has 0 atom stereocenters. The number of rotatable bonds is 6. The van der Waals surface area contributed by atoms with Gasteiger partial charge in [0.1, 0.15) is 6.33 Å². The number of fused-ring (bicyclic) bond motifs is 1. The van der Waals surface area contributed by atoms with E-state index in [2.05, 4.69) is 4.98 Å². The molecule has 1 fully saturated rings. The molecule has 190 valence electrons. The van der Waals surface area contributed by atoms with E-state index in [0.29, 0.717) is 11.1 Å². The Hall–Kier alpha value is -4.02. The number of carbonyl (C=O) groups is 2. The van der Waals surface area contributed by atoms with Crippen molar-refractivity contribution in [2.24, 2.45) is 0 Å². The monoisotopic (exact) mass is 518 g/mol. The highest BCUT2D eigenvalue weighted by molar-refractivity contribution is 7.89. The van der Waals surface area contributed by atoms with Crippen LogP contribution in [0.25, 0.3) is 16.7 Å². The first-order chi connectivity index (χ1) is 17.9. The lowest BCUT2D eigenvalue weighted by Gasteiger charge is -2.34. The molecule has 0 saturated carbocycles. The third-order valence-electron chi connectivity index (χ3n) is 6.38. The highest BCUT2D eigenvalue weighted by Gasteiger charge is 2.30. The van der Waals surface area contributed by atoms with Crippen LogP contribution in [0, 0.1) is 0 Å². The predicted molar refractivity (Wildman–Crippen MR) is 138 cm³/mol. The average molecular weight is 519 g/mol. The van der Waals surface area contributed by atoms with Gasteiger partial charge < -0.3 is 9.64 Å². The number of esters is 1. The summed E-state index contributed by atoms with van der Waals surface area (Å²) >= 11 is 0. The van der Waals surface area contributed by atoms with Crippen LogP contribution in [0.4, 0.5) is 0 Å². The lowest BCUT2D eigenvalue weighted by atomic mass is 10.1. The van der Waals surface area contributed by atoms with Gasteiger partial charge in [-0.1, -0.05) is 12.1 Å². The molecule has 2 heterocycles. The van der Waals surface area contributed by atoms with E-state index in [1.165, 1.54) is 28.6 Å². The molecule has 10 heteroatoms. The molecule has 1 aliphatic rings. The SMILES string of the molecule is CCOC(=O)c1ccc(S(=O)(=O)N2CCN(C(=O)c3ccc(-n4cnc5ccccc54)cc3)CC2)cc1. The number of sulfonamides is 1. The van der Waals surface area contributed by atoms with Gasteiger partial charge in [0.25, 0.3) is 5.91 Å². The number of hydrogen-bond donors (Lipinski definition) is 0. The number of piperazine rings is 1. The maximum absolute atomic E-state index is 13.1. The van der Waals surface area contributed by atoms with Crippen LogP contribution in [0.2, 0.25) is 0 Å². The summed E-state index contributed by atoms with van der Waals surface area (Å²) in [6.07, 6.45) is 1.76. The summed E-state index contributed by atoms with van der Waals surface area (Å²) in [6.45, 7) is 2.90. The number of aromatic nitrogens is 2. The van der Waals surface area contributed by atoms with E-state index in [9.17, 15) is 18.0 Å². The first-order valence-corrected chi connectivity index (χ1v) is 13.4. The van der Waals surface area contributed by atoms with Crippen molar-refractivity contribution in [3.05, 3.63) is 90.3 Å². The zero-order valence-corrected chi connectivity index (χ0v) is 21.1. The molecular weight excluding hydrogens is 492 g/mol. The molecule has 0 N–H and O–H groups in total. The van der Waals surface area contributed by atoms with Crippen LogP contribution >= 0.6 is 0 Å². The van der Waals surface area contributed by atoms with Crippen molar-refractivity contribution in [3.8, 4) is 5.69 Å². The van der Waals surface area contributed by atoms with E-state index in [1.54, 1.807) is 30.3 Å². The van der Waals surface area contributed by atoms with Crippen molar-refractivity contribution >= 4 is 32.9 Å². The smallest absolute Gasteiger partial charge is 0.338 e. The van der Waals surface area contributed by atoms with Crippen molar-refractivity contribution in [2.45, 2.75) is 11.8 Å². The molecule has 37 heavy (non-hydrogen) atoms. The molecule has 0 unspecified atom stereocenters. The number of amides is 1. The lowest BCUT2D eigenvalue weighted by molar-refractivity contribution is 0.0526. The highest BCUT2D eigenvalue weighted by Crippen LogP contribution is 2.21. The zero-order valence-electron chi connectivity index (χ0n) is 20.3. The molecule has 1 saturated heterocycles. The lowest BCUT2D eigenvalue weighted by Crippen LogP contribution is -2.50. The Balaban J connectivity index is 1.23. The molecule has 0 bridgehead atoms. The first kappa shape index (κ1) is 24.7. The van der Waals surface area contributed by atoms with E-state index in [0.717, 1.165) is 16.7 Å². The van der Waals surface area contributed by atoms with Gasteiger partial charge in [-0.05, 0) is 67.6 Å². The van der Waals surface area contributed by atoms with Crippen molar-refractivity contribution in [3.63, 3.8) is 0 Å². The Bertz CT molecular complexity index is 1540. The van der Waals surface area contributed by atoms with Crippen LogP contribution in [0.1, 0.15) is 27.6 Å². The molecule has 0 aliphatic carbocycles. The Morgan fingerprint density at radius 2 is 1.51 bits per heavy atom. The second-order valence-corrected chi connectivity index (χ2v) is 10.5. The van der Waals surface area contributed by atoms with Gasteiger partial charge in [0, 0.05) is 37.4 Å². The van der Waals surface area contributed by atoms with Crippen LogP contribution in [-0.2, 0) is 14.8 Å². The van der Waals surface area contributed by atoms with Crippen LogP contribution in [0.5, 0.6) is 0 Å². The van der Waals surface area contributed by atoms with Crippen LogP contribution in [-0.4, -0.2) is 71.8 Å². The number of ether oxygens (including phenoxy) is 1. The van der Waals surface area contributed by atoms with Crippen molar-refractivity contribution < 1.29 is 22.7 Å². The number of benzene rings is 3. The number of nitrogens with zero attached hydrogens (tertiary/aromatic N) is 4. The summed E-state index contributed by atoms with van der Waals surface area (Å²) in [5, 5.41) is 0. The van der Waals surface area contributed by atoms with Gasteiger partial charge in [-0.25, -0.2) is 18.2 Å². The fraction of sp³-hybridized carbons (Fsp3) is 0.222. The van der Waals surface area contributed by atoms with Gasteiger partial charge in [0.05, 0.1) is 28.1 Å². The second-order valence-electron chi connectivity index (χ2n) is 8.59. The van der Waals surface area contributed by atoms with E-state index in [4.69, 9.17) is 4.74 Å². The molecule has 1 amide bonds. The van der Waals surface area contributed by atoms with Gasteiger partial charge in [-0.15, -0.1) is 0 Å². The van der Waals surface area contributed by atoms with Gasteiger partial charge in [-0.2, -0.15) is 4.31 Å². The molecule has 1 aromatic heterocycles. The van der Waals surface area contributed by atoms with Crippen LogP contribution in [0.15, 0.2) is 84.0 Å². The van der Waals surface area contributed by atoms with Gasteiger partial charge in [-0.3, -0.25) is 9.36 Å². The fourth-order valence-electron chi connectivity index (χ4n) is 4.37. The molecular formula is C27H26N4O5S. The average Bonchev–Trinajstić information content (AvgIpc) is 3.37. The third kappa shape index (κ3) is 4.85. The second kappa shape index (κ2) is 10.2. The summed E-state index contributed by atoms with van der Waals surface area (Å²) in [6, 6.07) is 20.8. The van der Waals surface area contributed by atoms with Crippen molar-refractivity contribution in [1.29, 1.82) is 0 Å². The van der Waals surface area contributed by atoms with Gasteiger partial charge >= 0.3 is 5.97 Å². The molecule has 9 nitrogen and oxygen atoms in total. The predicted octanol–water partition coefficient (Wildman–Crippen LogP) is 3.35. The van der Waals surface area contributed by atoms with Crippen LogP contribution in [0.3, 0.4) is 0 Å². The standard InChI is InChI=1S/C27H26N4O5S/c1-2-36-27(33)21-9-13-23(14-10-21)37(34,35)30-17-15-29(16-18-30)26(32)20-7-11-22(12-8-20)31-19-28-24-5-3-4-6-25(24)31/h3-14,19H,2,15-18H2,1H3. The quantitative estimate of drug-likeness (QED) is 0.363. The zero-order chi connectivity index (χ0) is 26.0. The Morgan fingerprint density at radius 1 is 0.865 bits per heavy atom. The Labute approximate surface area is 214 Å². The molecule has 4 aromatic rings. The molecule has 3 aromatic carbocycles. The largest absolute Gasteiger partial charge is 0.462 e. The topological polar surface area (TPSA) is 102 Å². The van der Waals surface area contributed by atoms with Crippen molar-refractivity contribution in [2.75, 3.05) is 32.8 Å². The van der Waals surface area contributed by atoms with Gasteiger partial charge in [0.15, 0.2) is 0 Å². The van der Waals surface area contributed by atoms with Gasteiger partial charge in [0.2, 0.25) is 10.0 Å². The molecule has 5 rings (SSSR count). The molecule has 1 aliphatic heterocycles. The highest BCUT2D eigenvalue weighted by atomic mass is 32.2. The van der Waals surface area contributed by atoms with Crippen molar-refractivity contribution in [1.82, 2.24) is 18.8 Å². The maximum Gasteiger partial charge on any atom is 0.338 e. The third-order valence-corrected chi connectivity index (χ3v) is 8.29. The summed E-state index contributed by atoms with van der Waals surface area (Å²) in [5.74, 6) is -0.636. The number of carbonyl (C=O) groups excluding carboxylic acids is 2. The minimum absolute atomic E-state index is 0.0999. The van der Waals surface area contributed by atoms with E-state index >= 15 is 0 Å². The summed E-state index contributed by atoms with van der Waals surface area (Å²) in [4.78, 5) is 31.1. The van der Waals surface area contributed by atoms with E-state index < -0.39 is 16.0 Å². The Kier molecular flexibility index (Phi) is 6.77. The van der Waals surface area contributed by atoms with Crippen LogP contribution < -0.4 is 0 Å². The molecule has 0 spiro atoms. The molecule has 0 radical (unpaired) electrons. The minimum Gasteiger partial charge on any atom is -0.462 e. The summed E-state index contributed by atoms with van der Waals surface area (Å²) in [7, 11) is -3.74. The minimum atomic E-state index is -3.74. The van der Waals surface area contributed by atoms with E-state index in [1.807, 2.05) is 41.0 Å². The van der Waals surface area contributed by atoms with E-state index in [-0.39, 0.29) is 43.6 Å².